The second-order valence-electron chi connectivity index (χ2n) is 7.23. The maximum atomic E-state index is 12.6. The summed E-state index contributed by atoms with van der Waals surface area (Å²) in [7, 11) is -3.78. The van der Waals surface area contributed by atoms with E-state index in [0.29, 0.717) is 54.2 Å². The summed E-state index contributed by atoms with van der Waals surface area (Å²) in [5.74, 6) is 1.85. The third-order valence-corrected chi connectivity index (χ3v) is 6.14. The lowest BCUT2D eigenvalue weighted by Gasteiger charge is -2.19. The second-order valence-corrected chi connectivity index (χ2v) is 8.91. The first-order chi connectivity index (χ1) is 16.4. The fraction of sp³-hybridized carbons (Fsp3) is 0.208. The smallest absolute Gasteiger partial charge is 0.262 e. The fourth-order valence-corrected chi connectivity index (χ4v) is 4.24. The minimum atomic E-state index is -3.78. The van der Waals surface area contributed by atoms with Crippen molar-refractivity contribution in [3.05, 3.63) is 66.7 Å². The van der Waals surface area contributed by atoms with Gasteiger partial charge in [-0.2, -0.15) is 0 Å². The molecule has 3 aromatic carbocycles. The van der Waals surface area contributed by atoms with E-state index in [1.54, 1.807) is 42.5 Å². The fourth-order valence-electron chi connectivity index (χ4n) is 3.18. The molecule has 1 aliphatic rings. The van der Waals surface area contributed by atoms with Gasteiger partial charge in [-0.1, -0.05) is 0 Å². The summed E-state index contributed by atoms with van der Waals surface area (Å²) in [5.41, 5.74) is 0.972. The molecule has 1 heterocycles. The second kappa shape index (κ2) is 10.3. The van der Waals surface area contributed by atoms with Gasteiger partial charge in [0.2, 0.25) is 0 Å². The number of rotatable bonds is 9. The average molecular weight is 485 g/mol. The number of ether oxygens (including phenoxy) is 4. The van der Waals surface area contributed by atoms with Gasteiger partial charge in [0.05, 0.1) is 11.5 Å². The topological polar surface area (TPSA) is 112 Å². The Morgan fingerprint density at radius 3 is 2.18 bits per heavy atom. The van der Waals surface area contributed by atoms with Gasteiger partial charge in [0, 0.05) is 17.4 Å². The first kappa shape index (κ1) is 23.2. The van der Waals surface area contributed by atoms with Gasteiger partial charge < -0.3 is 24.3 Å². The molecule has 9 nitrogen and oxygen atoms in total. The molecule has 10 heteroatoms. The SMILES string of the molecule is CCOc1ccc(NS(=O)(=O)c2ccc(OCC(=O)Nc3ccc4c(c3)OCCO4)cc2)cc1. The van der Waals surface area contributed by atoms with E-state index in [1.807, 2.05) is 6.92 Å². The van der Waals surface area contributed by atoms with Gasteiger partial charge in [-0.25, -0.2) is 8.42 Å². The van der Waals surface area contributed by atoms with Crippen LogP contribution in [0.25, 0.3) is 0 Å². The highest BCUT2D eigenvalue weighted by molar-refractivity contribution is 7.92. The molecule has 2 N–H and O–H groups in total. The van der Waals surface area contributed by atoms with Crippen LogP contribution in [0.2, 0.25) is 0 Å². The Morgan fingerprint density at radius 2 is 1.47 bits per heavy atom. The average Bonchev–Trinajstić information content (AvgIpc) is 2.84. The van der Waals surface area contributed by atoms with E-state index in [1.165, 1.54) is 24.3 Å². The normalized spacial score (nSPS) is 12.5. The molecule has 0 unspecified atom stereocenters. The Kier molecular flexibility index (Phi) is 7.07. The van der Waals surface area contributed by atoms with Crippen LogP contribution in [0.3, 0.4) is 0 Å². The van der Waals surface area contributed by atoms with Gasteiger partial charge in [0.25, 0.3) is 15.9 Å². The molecular weight excluding hydrogens is 460 g/mol. The molecule has 1 amide bonds. The van der Waals surface area contributed by atoms with Crippen LogP contribution in [0.5, 0.6) is 23.0 Å². The number of carbonyl (C=O) groups excluding carboxylic acids is 1. The molecule has 0 radical (unpaired) electrons. The number of carbonyl (C=O) groups is 1. The van der Waals surface area contributed by atoms with Gasteiger partial charge in [-0.05, 0) is 67.6 Å². The van der Waals surface area contributed by atoms with Gasteiger partial charge in [0.1, 0.15) is 24.7 Å². The summed E-state index contributed by atoms with van der Waals surface area (Å²) in [6.07, 6.45) is 0. The minimum absolute atomic E-state index is 0.0643. The molecule has 0 saturated heterocycles. The molecule has 3 aromatic rings. The van der Waals surface area contributed by atoms with Crippen LogP contribution in [0.15, 0.2) is 71.6 Å². The number of hydrogen-bond donors (Lipinski definition) is 2. The van der Waals surface area contributed by atoms with Crippen molar-refractivity contribution < 1.29 is 32.2 Å². The third-order valence-electron chi connectivity index (χ3n) is 4.75. The molecule has 0 aliphatic carbocycles. The zero-order chi connectivity index (χ0) is 24.0. The molecule has 4 rings (SSSR count). The summed E-state index contributed by atoms with van der Waals surface area (Å²) in [6, 6.07) is 17.5. The van der Waals surface area contributed by atoms with E-state index in [9.17, 15) is 13.2 Å². The molecule has 0 aromatic heterocycles. The first-order valence-electron chi connectivity index (χ1n) is 10.6. The number of benzene rings is 3. The Labute approximate surface area is 197 Å². The molecule has 34 heavy (non-hydrogen) atoms. The van der Waals surface area contributed by atoms with Crippen molar-refractivity contribution in [2.24, 2.45) is 0 Å². The Hall–Kier alpha value is -3.92. The van der Waals surface area contributed by atoms with Crippen LogP contribution >= 0.6 is 0 Å². The lowest BCUT2D eigenvalue weighted by Crippen LogP contribution is -2.21. The molecule has 0 spiro atoms. The van der Waals surface area contributed by atoms with Crippen molar-refractivity contribution in [2.45, 2.75) is 11.8 Å². The van der Waals surface area contributed by atoms with Crippen molar-refractivity contribution in [3.8, 4) is 23.0 Å². The zero-order valence-corrected chi connectivity index (χ0v) is 19.3. The highest BCUT2D eigenvalue weighted by atomic mass is 32.2. The summed E-state index contributed by atoms with van der Waals surface area (Å²) in [5, 5.41) is 2.72. The molecule has 0 saturated carbocycles. The van der Waals surface area contributed by atoms with E-state index >= 15 is 0 Å². The zero-order valence-electron chi connectivity index (χ0n) is 18.4. The van der Waals surface area contributed by atoms with Crippen molar-refractivity contribution in [2.75, 3.05) is 36.5 Å². The molecule has 1 aliphatic heterocycles. The summed E-state index contributed by atoms with van der Waals surface area (Å²) in [6.45, 7) is 3.10. The predicted octanol–water partition coefficient (Wildman–Crippen LogP) is 3.67. The lowest BCUT2D eigenvalue weighted by molar-refractivity contribution is -0.118. The highest BCUT2D eigenvalue weighted by Gasteiger charge is 2.15. The number of sulfonamides is 1. The van der Waals surface area contributed by atoms with Gasteiger partial charge in [-0.15, -0.1) is 0 Å². The number of nitrogens with one attached hydrogen (secondary N) is 2. The number of hydrogen-bond acceptors (Lipinski definition) is 7. The quantitative estimate of drug-likeness (QED) is 0.477. The lowest BCUT2D eigenvalue weighted by atomic mass is 10.2. The van der Waals surface area contributed by atoms with Gasteiger partial charge >= 0.3 is 0 Å². The van der Waals surface area contributed by atoms with Crippen molar-refractivity contribution in [3.63, 3.8) is 0 Å². The maximum Gasteiger partial charge on any atom is 0.262 e. The Morgan fingerprint density at radius 1 is 0.853 bits per heavy atom. The minimum Gasteiger partial charge on any atom is -0.494 e. The van der Waals surface area contributed by atoms with Crippen LogP contribution in [0, 0.1) is 0 Å². The largest absolute Gasteiger partial charge is 0.494 e. The van der Waals surface area contributed by atoms with Crippen LogP contribution in [0.1, 0.15) is 6.92 Å². The van der Waals surface area contributed by atoms with Gasteiger partial charge in [-0.3, -0.25) is 9.52 Å². The monoisotopic (exact) mass is 484 g/mol. The summed E-state index contributed by atoms with van der Waals surface area (Å²) < 4.78 is 49.6. The molecule has 0 fully saturated rings. The highest BCUT2D eigenvalue weighted by Crippen LogP contribution is 2.32. The van der Waals surface area contributed by atoms with Crippen molar-refractivity contribution in [1.29, 1.82) is 0 Å². The van der Waals surface area contributed by atoms with Gasteiger partial charge in [0.15, 0.2) is 18.1 Å². The maximum absolute atomic E-state index is 12.6. The van der Waals surface area contributed by atoms with Crippen LogP contribution < -0.4 is 29.0 Å². The van der Waals surface area contributed by atoms with Crippen molar-refractivity contribution >= 4 is 27.3 Å². The number of fused-ring (bicyclic) bond motifs is 1. The van der Waals surface area contributed by atoms with Crippen molar-refractivity contribution in [1.82, 2.24) is 0 Å². The summed E-state index contributed by atoms with van der Waals surface area (Å²) >= 11 is 0. The molecule has 0 atom stereocenters. The van der Waals surface area contributed by atoms with E-state index in [-0.39, 0.29) is 17.4 Å². The van der Waals surface area contributed by atoms with E-state index in [2.05, 4.69) is 10.0 Å². The molecular formula is C24H24N2O7S. The third kappa shape index (κ3) is 5.90. The van der Waals surface area contributed by atoms with Crippen LogP contribution in [-0.4, -0.2) is 40.8 Å². The number of anilines is 2. The Bertz CT molecular complexity index is 1240. The van der Waals surface area contributed by atoms with Crippen LogP contribution in [-0.2, 0) is 14.8 Å². The van der Waals surface area contributed by atoms with E-state index in [4.69, 9.17) is 18.9 Å². The molecule has 0 bridgehead atoms. The molecule has 178 valence electrons. The number of amides is 1. The Balaban J connectivity index is 1.31. The standard InChI is InChI=1S/C24H24N2O7S/c1-2-30-19-6-3-17(4-7-19)26-34(28,29)21-10-8-20(9-11-21)33-16-24(27)25-18-5-12-22-23(15-18)32-14-13-31-22/h3-12,15,26H,2,13-14,16H2,1H3,(H,25,27). The first-order valence-corrected chi connectivity index (χ1v) is 12.1. The van der Waals surface area contributed by atoms with E-state index < -0.39 is 10.0 Å². The van der Waals surface area contributed by atoms with E-state index in [0.717, 1.165) is 0 Å². The summed E-state index contributed by atoms with van der Waals surface area (Å²) in [4.78, 5) is 12.3. The predicted molar refractivity (Wildman–Crippen MR) is 126 cm³/mol. The van der Waals surface area contributed by atoms with Crippen LogP contribution in [0.4, 0.5) is 11.4 Å².